The van der Waals surface area contributed by atoms with Crippen molar-refractivity contribution in [3.05, 3.63) is 53.6 Å². The number of methoxy groups -OCH3 is 1. The molecule has 1 N–H and O–H groups in total. The molecule has 0 aliphatic carbocycles. The second-order valence-electron chi connectivity index (χ2n) is 5.78. The van der Waals surface area contributed by atoms with Gasteiger partial charge in [-0.15, -0.1) is 0 Å². The number of anilines is 1. The Labute approximate surface area is 146 Å². The number of fused-ring (bicyclic) bond motifs is 1. The lowest BCUT2D eigenvalue weighted by Crippen LogP contribution is -2.35. The zero-order chi connectivity index (χ0) is 17.8. The molecule has 0 bridgehead atoms. The Kier molecular flexibility index (Phi) is 4.88. The third kappa shape index (κ3) is 3.74. The van der Waals surface area contributed by atoms with E-state index in [1.165, 1.54) is 0 Å². The van der Waals surface area contributed by atoms with Gasteiger partial charge in [-0.25, -0.2) is 0 Å². The van der Waals surface area contributed by atoms with Crippen LogP contribution in [-0.4, -0.2) is 39.1 Å². The predicted octanol–water partition coefficient (Wildman–Crippen LogP) is 2.02. The first kappa shape index (κ1) is 16.8. The monoisotopic (exact) mass is 340 g/mol. The van der Waals surface area contributed by atoms with Gasteiger partial charge in [-0.2, -0.15) is 0 Å². The molecule has 0 radical (unpaired) electrons. The molecule has 6 heteroatoms. The van der Waals surface area contributed by atoms with Crippen molar-refractivity contribution in [3.63, 3.8) is 0 Å². The Morgan fingerprint density at radius 3 is 2.92 bits per heavy atom. The van der Waals surface area contributed by atoms with Gasteiger partial charge in [0.25, 0.3) is 11.8 Å². The van der Waals surface area contributed by atoms with Crippen LogP contribution >= 0.6 is 0 Å². The highest BCUT2D eigenvalue weighted by Crippen LogP contribution is 2.31. The van der Waals surface area contributed by atoms with Gasteiger partial charge in [0, 0.05) is 19.2 Å². The lowest BCUT2D eigenvalue weighted by Gasteiger charge is -2.26. The molecule has 130 valence electrons. The largest absolute Gasteiger partial charge is 0.497 e. The Morgan fingerprint density at radius 1 is 1.28 bits per heavy atom. The summed E-state index contributed by atoms with van der Waals surface area (Å²) in [5.41, 5.74) is 2.34. The number of likely N-dealkylation sites (N-methyl/N-ethyl adjacent to an activating group) is 1. The van der Waals surface area contributed by atoms with E-state index in [1.54, 1.807) is 43.3 Å². The van der Waals surface area contributed by atoms with Crippen molar-refractivity contribution in [2.75, 3.05) is 32.2 Å². The lowest BCUT2D eigenvalue weighted by molar-refractivity contribution is -0.120. The molecule has 0 aromatic heterocycles. The number of nitrogens with zero attached hydrogens (tertiary/aromatic N) is 1. The van der Waals surface area contributed by atoms with E-state index >= 15 is 0 Å². The molecule has 6 nitrogen and oxygen atoms in total. The first-order valence-electron chi connectivity index (χ1n) is 8.03. The smallest absolute Gasteiger partial charge is 0.264 e. The van der Waals surface area contributed by atoms with Crippen molar-refractivity contribution < 1.29 is 19.1 Å². The maximum absolute atomic E-state index is 12.2. The molecule has 1 heterocycles. The average molecular weight is 340 g/mol. The predicted molar refractivity (Wildman–Crippen MR) is 94.4 cm³/mol. The molecule has 2 aromatic carbocycles. The highest BCUT2D eigenvalue weighted by atomic mass is 16.5. The number of ether oxygens (including phenoxy) is 2. The fourth-order valence-electron chi connectivity index (χ4n) is 2.66. The summed E-state index contributed by atoms with van der Waals surface area (Å²) in [7, 11) is 3.30. The third-order valence-electron chi connectivity index (χ3n) is 4.14. The standard InChI is InChI=1S/C19H20N2O4/c1-21-16-10-13(6-7-17(16)25-12-18(21)22)8-9-20-19(23)14-4-3-5-15(11-14)24-2/h3-7,10-11H,8-9,12H2,1-2H3,(H,20,23). The number of carbonyl (C=O) groups is 2. The molecular weight excluding hydrogens is 320 g/mol. The van der Waals surface area contributed by atoms with Gasteiger partial charge >= 0.3 is 0 Å². The zero-order valence-corrected chi connectivity index (χ0v) is 14.2. The zero-order valence-electron chi connectivity index (χ0n) is 14.2. The van der Waals surface area contributed by atoms with Crippen LogP contribution in [0, 0.1) is 0 Å². The van der Waals surface area contributed by atoms with Crippen molar-refractivity contribution in [3.8, 4) is 11.5 Å². The molecule has 0 spiro atoms. The molecule has 2 amide bonds. The van der Waals surface area contributed by atoms with E-state index in [0.717, 1.165) is 11.3 Å². The average Bonchev–Trinajstić information content (AvgIpc) is 2.65. The number of hydrogen-bond donors (Lipinski definition) is 1. The van der Waals surface area contributed by atoms with E-state index in [1.807, 2.05) is 18.2 Å². The van der Waals surface area contributed by atoms with Crippen molar-refractivity contribution in [2.45, 2.75) is 6.42 Å². The fourth-order valence-corrected chi connectivity index (χ4v) is 2.66. The summed E-state index contributed by atoms with van der Waals surface area (Å²) in [4.78, 5) is 25.5. The highest BCUT2D eigenvalue weighted by molar-refractivity contribution is 5.97. The van der Waals surface area contributed by atoms with Gasteiger partial charge in [0.15, 0.2) is 6.61 Å². The van der Waals surface area contributed by atoms with Crippen molar-refractivity contribution in [2.24, 2.45) is 0 Å². The minimum atomic E-state index is -0.146. The molecule has 3 rings (SSSR count). The third-order valence-corrected chi connectivity index (χ3v) is 4.14. The van der Waals surface area contributed by atoms with Gasteiger partial charge in [0.1, 0.15) is 11.5 Å². The van der Waals surface area contributed by atoms with Crippen molar-refractivity contribution in [1.29, 1.82) is 0 Å². The summed E-state index contributed by atoms with van der Waals surface area (Å²) in [6.07, 6.45) is 0.658. The molecule has 1 aliphatic rings. The molecule has 0 unspecified atom stereocenters. The number of nitrogens with one attached hydrogen (secondary N) is 1. The normalized spacial score (nSPS) is 13.0. The number of amides is 2. The summed E-state index contributed by atoms with van der Waals surface area (Å²) in [6.45, 7) is 0.562. The molecule has 0 saturated carbocycles. The van der Waals surface area contributed by atoms with Crippen LogP contribution in [0.3, 0.4) is 0 Å². The molecule has 0 saturated heterocycles. The Balaban J connectivity index is 1.60. The second kappa shape index (κ2) is 7.25. The van der Waals surface area contributed by atoms with Crippen molar-refractivity contribution in [1.82, 2.24) is 5.32 Å². The van der Waals surface area contributed by atoms with E-state index in [4.69, 9.17) is 9.47 Å². The van der Waals surface area contributed by atoms with Gasteiger partial charge in [0.05, 0.1) is 12.8 Å². The number of hydrogen-bond acceptors (Lipinski definition) is 4. The Morgan fingerprint density at radius 2 is 2.12 bits per heavy atom. The van der Waals surface area contributed by atoms with E-state index in [0.29, 0.717) is 30.0 Å². The van der Waals surface area contributed by atoms with Crippen LogP contribution in [0.25, 0.3) is 0 Å². The van der Waals surface area contributed by atoms with Gasteiger partial charge in [-0.3, -0.25) is 9.59 Å². The fraction of sp³-hybridized carbons (Fsp3) is 0.263. The summed E-state index contributed by atoms with van der Waals surface area (Å²) >= 11 is 0. The highest BCUT2D eigenvalue weighted by Gasteiger charge is 2.22. The van der Waals surface area contributed by atoms with Crippen LogP contribution in [0.1, 0.15) is 15.9 Å². The molecular formula is C19H20N2O4. The number of benzene rings is 2. The molecule has 1 aliphatic heterocycles. The van der Waals surface area contributed by atoms with E-state index in [-0.39, 0.29) is 18.4 Å². The Bertz CT molecular complexity index is 804. The quantitative estimate of drug-likeness (QED) is 0.904. The van der Waals surface area contributed by atoms with Crippen LogP contribution in [0.15, 0.2) is 42.5 Å². The van der Waals surface area contributed by atoms with E-state index < -0.39 is 0 Å². The summed E-state index contributed by atoms with van der Waals surface area (Å²) in [6, 6.07) is 12.7. The van der Waals surface area contributed by atoms with Gasteiger partial charge < -0.3 is 19.7 Å². The minimum Gasteiger partial charge on any atom is -0.497 e. The summed E-state index contributed by atoms with van der Waals surface area (Å²) < 4.78 is 10.5. The molecule has 25 heavy (non-hydrogen) atoms. The minimum absolute atomic E-state index is 0.0689. The Hall–Kier alpha value is -3.02. The SMILES string of the molecule is COc1cccc(C(=O)NCCc2ccc3c(c2)N(C)C(=O)CO3)c1. The van der Waals surface area contributed by atoms with E-state index in [2.05, 4.69) is 5.32 Å². The first-order valence-corrected chi connectivity index (χ1v) is 8.03. The number of rotatable bonds is 5. The summed E-state index contributed by atoms with van der Waals surface area (Å²) in [5.74, 6) is 1.13. The maximum atomic E-state index is 12.2. The molecule has 0 atom stereocenters. The van der Waals surface area contributed by atoms with Crippen LogP contribution in [-0.2, 0) is 11.2 Å². The second-order valence-corrected chi connectivity index (χ2v) is 5.78. The molecule has 2 aromatic rings. The van der Waals surface area contributed by atoms with Gasteiger partial charge in [-0.1, -0.05) is 12.1 Å². The number of carbonyl (C=O) groups excluding carboxylic acids is 2. The van der Waals surface area contributed by atoms with Crippen LogP contribution < -0.4 is 19.7 Å². The maximum Gasteiger partial charge on any atom is 0.264 e. The van der Waals surface area contributed by atoms with Gasteiger partial charge in [-0.05, 0) is 42.3 Å². The molecule has 0 fully saturated rings. The topological polar surface area (TPSA) is 67.9 Å². The van der Waals surface area contributed by atoms with Crippen molar-refractivity contribution >= 4 is 17.5 Å². The van der Waals surface area contributed by atoms with Gasteiger partial charge in [0.2, 0.25) is 0 Å². The van der Waals surface area contributed by atoms with E-state index in [9.17, 15) is 9.59 Å². The van der Waals surface area contributed by atoms with Crippen LogP contribution in [0.2, 0.25) is 0 Å². The van der Waals surface area contributed by atoms with Crippen LogP contribution in [0.5, 0.6) is 11.5 Å². The lowest BCUT2D eigenvalue weighted by atomic mass is 10.1. The summed E-state index contributed by atoms with van der Waals surface area (Å²) in [5, 5.41) is 2.89. The van der Waals surface area contributed by atoms with Crippen LogP contribution in [0.4, 0.5) is 5.69 Å². The first-order chi connectivity index (χ1) is 12.1.